The number of nitrogens with zero attached hydrogens (tertiary/aromatic N) is 2. The Kier molecular flexibility index (Phi) is 2.49. The van der Waals surface area contributed by atoms with Crippen molar-refractivity contribution < 1.29 is 0 Å². The summed E-state index contributed by atoms with van der Waals surface area (Å²) in [6, 6.07) is 6.90. The van der Waals surface area contributed by atoms with Gasteiger partial charge in [-0.1, -0.05) is 12.1 Å². The van der Waals surface area contributed by atoms with E-state index in [2.05, 4.69) is 35.5 Å². The number of hydrogen-bond donors (Lipinski definition) is 1. The molecule has 0 radical (unpaired) electrons. The molecule has 1 N–H and O–H groups in total. The number of benzene rings is 1. The van der Waals surface area contributed by atoms with Crippen LogP contribution in [0.1, 0.15) is 24.2 Å². The van der Waals surface area contributed by atoms with Crippen LogP contribution in [0.2, 0.25) is 0 Å². The molecule has 1 aromatic carbocycles. The van der Waals surface area contributed by atoms with Gasteiger partial charge >= 0.3 is 0 Å². The molecule has 2 rings (SSSR count). The van der Waals surface area contributed by atoms with Crippen LogP contribution in [0.5, 0.6) is 0 Å². The third-order valence-corrected chi connectivity index (χ3v) is 2.99. The first-order valence-corrected chi connectivity index (χ1v) is 5.24. The maximum absolute atomic E-state index is 4.41. The average molecular weight is 203 g/mol. The quantitative estimate of drug-likeness (QED) is 0.810. The largest absolute Gasteiger partial charge is 0.313 e. The summed E-state index contributed by atoms with van der Waals surface area (Å²) in [4.78, 5) is 0. The van der Waals surface area contributed by atoms with E-state index in [0.29, 0.717) is 6.04 Å². The monoisotopic (exact) mass is 203 g/mol. The predicted octanol–water partition coefficient (Wildman–Crippen LogP) is 2.16. The Morgan fingerprint density at radius 1 is 1.40 bits per heavy atom. The van der Waals surface area contributed by atoms with Crippen LogP contribution < -0.4 is 5.32 Å². The summed E-state index contributed by atoms with van der Waals surface area (Å²) < 4.78 is 1.94. The van der Waals surface area contributed by atoms with Gasteiger partial charge in [-0.05, 0) is 32.5 Å². The van der Waals surface area contributed by atoms with Crippen molar-refractivity contribution in [3.05, 3.63) is 29.5 Å². The molecule has 0 bridgehead atoms. The van der Waals surface area contributed by atoms with Gasteiger partial charge in [-0.15, -0.1) is 0 Å². The molecule has 0 aliphatic rings. The molecule has 0 saturated heterocycles. The molecular weight excluding hydrogens is 186 g/mol. The van der Waals surface area contributed by atoms with E-state index in [9.17, 15) is 0 Å². The number of aromatic nitrogens is 2. The molecule has 15 heavy (non-hydrogen) atoms. The van der Waals surface area contributed by atoms with Crippen molar-refractivity contribution in [3.63, 3.8) is 0 Å². The lowest BCUT2D eigenvalue weighted by Crippen LogP contribution is -2.12. The minimum atomic E-state index is 0.379. The highest BCUT2D eigenvalue weighted by molar-refractivity contribution is 5.82. The maximum atomic E-state index is 4.41. The van der Waals surface area contributed by atoms with Gasteiger partial charge in [0.1, 0.15) is 0 Å². The third-order valence-electron chi connectivity index (χ3n) is 2.99. The summed E-state index contributed by atoms with van der Waals surface area (Å²) in [7, 11) is 3.96. The maximum Gasteiger partial charge on any atom is 0.0685 e. The van der Waals surface area contributed by atoms with Gasteiger partial charge in [0.2, 0.25) is 0 Å². The van der Waals surface area contributed by atoms with Crippen molar-refractivity contribution in [3.8, 4) is 0 Å². The first-order chi connectivity index (χ1) is 7.13. The van der Waals surface area contributed by atoms with Gasteiger partial charge in [0.15, 0.2) is 0 Å². The topological polar surface area (TPSA) is 29.9 Å². The van der Waals surface area contributed by atoms with Gasteiger partial charge in [0.25, 0.3) is 0 Å². The molecule has 0 saturated carbocycles. The van der Waals surface area contributed by atoms with Crippen LogP contribution in [0.3, 0.4) is 0 Å². The first kappa shape index (κ1) is 10.2. The normalized spacial score (nSPS) is 13.3. The van der Waals surface area contributed by atoms with Gasteiger partial charge in [-0.25, -0.2) is 0 Å². The van der Waals surface area contributed by atoms with Crippen LogP contribution in [-0.2, 0) is 7.05 Å². The third kappa shape index (κ3) is 1.63. The lowest BCUT2D eigenvalue weighted by molar-refractivity contribution is 0.652. The Hall–Kier alpha value is -1.35. The molecule has 3 nitrogen and oxygen atoms in total. The summed E-state index contributed by atoms with van der Waals surface area (Å²) in [6.45, 7) is 4.20. The Labute approximate surface area is 90.1 Å². The standard InChI is InChI=1S/C12H17N3/c1-8(13-3)10-5-6-11-9(2)14-15(4)12(11)7-10/h5-8,13H,1-4H3. The number of fused-ring (bicyclic) bond motifs is 1. The summed E-state index contributed by atoms with van der Waals surface area (Å²) in [5.41, 5.74) is 3.59. The second kappa shape index (κ2) is 3.66. The summed E-state index contributed by atoms with van der Waals surface area (Å²) in [5.74, 6) is 0. The molecule has 0 aliphatic heterocycles. The van der Waals surface area contributed by atoms with Crippen molar-refractivity contribution >= 4 is 10.9 Å². The summed E-state index contributed by atoms with van der Waals surface area (Å²) in [5, 5.41) is 8.90. The molecule has 1 aromatic heterocycles. The number of nitrogens with one attached hydrogen (secondary N) is 1. The van der Waals surface area contributed by atoms with Crippen LogP contribution in [0.4, 0.5) is 0 Å². The van der Waals surface area contributed by atoms with Crippen molar-refractivity contribution in [2.24, 2.45) is 7.05 Å². The van der Waals surface area contributed by atoms with Crippen molar-refractivity contribution in [2.45, 2.75) is 19.9 Å². The van der Waals surface area contributed by atoms with Gasteiger partial charge in [0, 0.05) is 18.5 Å². The van der Waals surface area contributed by atoms with E-state index in [1.54, 1.807) is 0 Å². The minimum Gasteiger partial charge on any atom is -0.313 e. The molecular formula is C12H17N3. The Morgan fingerprint density at radius 2 is 2.13 bits per heavy atom. The lowest BCUT2D eigenvalue weighted by Gasteiger charge is -2.10. The molecule has 0 amide bonds. The van der Waals surface area contributed by atoms with E-state index >= 15 is 0 Å². The molecule has 1 heterocycles. The SMILES string of the molecule is CNC(C)c1ccc2c(C)nn(C)c2c1. The molecule has 0 fully saturated rings. The number of rotatable bonds is 2. The van der Waals surface area contributed by atoms with Crippen molar-refractivity contribution in [2.75, 3.05) is 7.05 Å². The average Bonchev–Trinajstić information content (AvgIpc) is 2.53. The van der Waals surface area contributed by atoms with Gasteiger partial charge in [-0.3, -0.25) is 4.68 Å². The minimum absolute atomic E-state index is 0.379. The van der Waals surface area contributed by atoms with Crippen LogP contribution >= 0.6 is 0 Å². The lowest BCUT2D eigenvalue weighted by atomic mass is 10.1. The highest BCUT2D eigenvalue weighted by atomic mass is 15.3. The fourth-order valence-electron chi connectivity index (χ4n) is 1.89. The van der Waals surface area contributed by atoms with Crippen LogP contribution in [0.25, 0.3) is 10.9 Å². The fourth-order valence-corrected chi connectivity index (χ4v) is 1.89. The Bertz CT molecular complexity index is 485. The predicted molar refractivity (Wildman–Crippen MR) is 62.9 cm³/mol. The summed E-state index contributed by atoms with van der Waals surface area (Å²) in [6.07, 6.45) is 0. The fraction of sp³-hybridized carbons (Fsp3) is 0.417. The molecule has 0 spiro atoms. The highest BCUT2D eigenvalue weighted by Crippen LogP contribution is 2.21. The zero-order valence-electron chi connectivity index (χ0n) is 9.70. The molecule has 1 atom stereocenters. The molecule has 0 aliphatic carbocycles. The number of aryl methyl sites for hydroxylation is 2. The van der Waals surface area contributed by atoms with Crippen LogP contribution in [-0.4, -0.2) is 16.8 Å². The van der Waals surface area contributed by atoms with E-state index < -0.39 is 0 Å². The van der Waals surface area contributed by atoms with E-state index in [0.717, 1.165) is 5.69 Å². The van der Waals surface area contributed by atoms with E-state index in [4.69, 9.17) is 0 Å². The zero-order valence-corrected chi connectivity index (χ0v) is 9.70. The van der Waals surface area contributed by atoms with Gasteiger partial charge < -0.3 is 5.32 Å². The second-order valence-corrected chi connectivity index (χ2v) is 4.00. The molecule has 80 valence electrons. The smallest absolute Gasteiger partial charge is 0.0685 e. The Morgan fingerprint density at radius 3 is 2.80 bits per heavy atom. The zero-order chi connectivity index (χ0) is 11.0. The van der Waals surface area contributed by atoms with E-state index in [-0.39, 0.29) is 0 Å². The van der Waals surface area contributed by atoms with Crippen molar-refractivity contribution in [1.82, 2.24) is 15.1 Å². The van der Waals surface area contributed by atoms with Gasteiger partial charge in [0.05, 0.1) is 11.2 Å². The molecule has 1 unspecified atom stereocenters. The molecule has 2 aromatic rings. The number of hydrogen-bond acceptors (Lipinski definition) is 2. The summed E-state index contributed by atoms with van der Waals surface area (Å²) >= 11 is 0. The Balaban J connectivity index is 2.60. The molecule has 3 heteroatoms. The van der Waals surface area contributed by atoms with Gasteiger partial charge in [-0.2, -0.15) is 5.10 Å². The van der Waals surface area contributed by atoms with E-state index in [1.165, 1.54) is 16.5 Å². The van der Waals surface area contributed by atoms with Crippen molar-refractivity contribution in [1.29, 1.82) is 0 Å². The second-order valence-electron chi connectivity index (χ2n) is 4.00. The van der Waals surface area contributed by atoms with Crippen LogP contribution in [0.15, 0.2) is 18.2 Å². The van der Waals surface area contributed by atoms with Crippen LogP contribution in [0, 0.1) is 6.92 Å². The van der Waals surface area contributed by atoms with E-state index in [1.807, 2.05) is 25.7 Å². The highest BCUT2D eigenvalue weighted by Gasteiger charge is 2.08. The first-order valence-electron chi connectivity index (χ1n) is 5.24.